The van der Waals surface area contributed by atoms with E-state index in [0.29, 0.717) is 29.5 Å². The van der Waals surface area contributed by atoms with E-state index < -0.39 is 11.7 Å². The quantitative estimate of drug-likeness (QED) is 0.603. The molecule has 8 heteroatoms. The summed E-state index contributed by atoms with van der Waals surface area (Å²) >= 11 is 1.46. The zero-order valence-corrected chi connectivity index (χ0v) is 18.3. The van der Waals surface area contributed by atoms with Gasteiger partial charge in [-0.2, -0.15) is 0 Å². The molecule has 0 aliphatic rings. The lowest BCUT2D eigenvalue weighted by Gasteiger charge is -2.20. The van der Waals surface area contributed by atoms with E-state index in [1.807, 2.05) is 24.3 Å². The molecule has 0 atom stereocenters. The minimum atomic E-state index is -0.584. The lowest BCUT2D eigenvalue weighted by molar-refractivity contribution is 0.0636. The number of aromatic nitrogens is 1. The van der Waals surface area contributed by atoms with Crippen LogP contribution in [0.2, 0.25) is 0 Å². The summed E-state index contributed by atoms with van der Waals surface area (Å²) in [6.45, 7) is 6.16. The molecule has 1 N–H and O–H groups in total. The van der Waals surface area contributed by atoms with Gasteiger partial charge >= 0.3 is 6.09 Å². The van der Waals surface area contributed by atoms with Gasteiger partial charge in [0.1, 0.15) is 5.60 Å². The van der Waals surface area contributed by atoms with Gasteiger partial charge in [-0.3, -0.25) is 15.0 Å². The van der Waals surface area contributed by atoms with Gasteiger partial charge in [0.25, 0.3) is 5.91 Å². The third kappa shape index (κ3) is 5.55. The predicted octanol–water partition coefficient (Wildman–Crippen LogP) is 4.94. The molecule has 3 aromatic rings. The highest BCUT2D eigenvalue weighted by molar-refractivity contribution is 7.22. The monoisotopic (exact) mass is 427 g/mol. The molecule has 3 rings (SSSR count). The zero-order chi connectivity index (χ0) is 21.7. The highest BCUT2D eigenvalue weighted by Gasteiger charge is 2.21. The van der Waals surface area contributed by atoms with Crippen molar-refractivity contribution in [2.45, 2.75) is 26.4 Å². The maximum Gasteiger partial charge on any atom is 0.412 e. The van der Waals surface area contributed by atoms with Crippen LogP contribution in [0.4, 0.5) is 15.6 Å². The summed E-state index contributed by atoms with van der Waals surface area (Å²) in [6.07, 6.45) is -0.544. The summed E-state index contributed by atoms with van der Waals surface area (Å²) in [5.41, 5.74) is 1.30. The van der Waals surface area contributed by atoms with Gasteiger partial charge in [-0.25, -0.2) is 9.78 Å². The van der Waals surface area contributed by atoms with Crippen LogP contribution in [0.1, 0.15) is 31.1 Å². The van der Waals surface area contributed by atoms with Gasteiger partial charge in [0.15, 0.2) is 5.13 Å². The number of nitrogens with zero attached hydrogens (tertiary/aromatic N) is 2. The lowest BCUT2D eigenvalue weighted by Crippen LogP contribution is -2.33. The van der Waals surface area contributed by atoms with E-state index >= 15 is 0 Å². The third-order valence-electron chi connectivity index (χ3n) is 4.05. The van der Waals surface area contributed by atoms with Crippen LogP contribution >= 0.6 is 11.3 Å². The van der Waals surface area contributed by atoms with E-state index in [2.05, 4.69) is 10.3 Å². The fourth-order valence-electron chi connectivity index (χ4n) is 2.72. The van der Waals surface area contributed by atoms with E-state index in [9.17, 15) is 9.59 Å². The van der Waals surface area contributed by atoms with Gasteiger partial charge in [-0.05, 0) is 57.2 Å². The van der Waals surface area contributed by atoms with Crippen molar-refractivity contribution in [3.05, 3.63) is 54.1 Å². The van der Waals surface area contributed by atoms with Crippen LogP contribution in [0, 0.1) is 0 Å². The van der Waals surface area contributed by atoms with Crippen molar-refractivity contribution in [2.75, 3.05) is 30.5 Å². The Kier molecular flexibility index (Phi) is 6.69. The first-order valence-corrected chi connectivity index (χ1v) is 10.3. The first kappa shape index (κ1) is 21.7. The summed E-state index contributed by atoms with van der Waals surface area (Å²) in [6, 6.07) is 14.4. The van der Waals surface area contributed by atoms with Gasteiger partial charge < -0.3 is 9.47 Å². The molecule has 158 valence electrons. The number of hydrogen-bond acceptors (Lipinski definition) is 6. The molecular weight excluding hydrogens is 402 g/mol. The average molecular weight is 428 g/mol. The SMILES string of the molecule is COCCN(C(=O)c1ccc(NC(=O)OC(C)(C)C)cc1)c1nc2ccccc2s1. The largest absolute Gasteiger partial charge is 0.444 e. The van der Waals surface area contributed by atoms with Crippen LogP contribution in [0.15, 0.2) is 48.5 Å². The Morgan fingerprint density at radius 2 is 1.80 bits per heavy atom. The van der Waals surface area contributed by atoms with Gasteiger partial charge in [-0.15, -0.1) is 0 Å². The number of benzene rings is 2. The van der Waals surface area contributed by atoms with Crippen LogP contribution in [0.25, 0.3) is 10.2 Å². The van der Waals surface area contributed by atoms with Crippen LogP contribution in [-0.4, -0.2) is 42.8 Å². The maximum absolute atomic E-state index is 13.2. The van der Waals surface area contributed by atoms with E-state index in [-0.39, 0.29) is 5.91 Å². The highest BCUT2D eigenvalue weighted by atomic mass is 32.1. The second kappa shape index (κ2) is 9.23. The van der Waals surface area contributed by atoms with Gasteiger partial charge in [0.05, 0.1) is 23.4 Å². The summed E-state index contributed by atoms with van der Waals surface area (Å²) in [5, 5.41) is 3.28. The van der Waals surface area contributed by atoms with Crippen molar-refractivity contribution in [1.29, 1.82) is 0 Å². The molecule has 0 bridgehead atoms. The topological polar surface area (TPSA) is 80.8 Å². The maximum atomic E-state index is 13.2. The molecular formula is C22H25N3O4S. The second-order valence-corrected chi connectivity index (χ2v) is 8.63. The van der Waals surface area contributed by atoms with Crippen molar-refractivity contribution < 1.29 is 19.1 Å². The van der Waals surface area contributed by atoms with Crippen molar-refractivity contribution in [3.8, 4) is 0 Å². The Labute approximate surface area is 179 Å². The number of fused-ring (bicyclic) bond motifs is 1. The Bertz CT molecular complexity index is 992. The zero-order valence-electron chi connectivity index (χ0n) is 17.5. The van der Waals surface area contributed by atoms with E-state index in [1.165, 1.54) is 11.3 Å². The molecule has 0 aliphatic carbocycles. The third-order valence-corrected chi connectivity index (χ3v) is 5.11. The molecule has 2 amide bonds. The Balaban J connectivity index is 1.78. The number of amides is 2. The fraction of sp³-hybridized carbons (Fsp3) is 0.318. The first-order valence-electron chi connectivity index (χ1n) is 9.53. The Hall–Kier alpha value is -2.97. The summed E-state index contributed by atoms with van der Waals surface area (Å²) < 4.78 is 11.4. The van der Waals surface area contributed by atoms with Gasteiger partial charge in [0.2, 0.25) is 0 Å². The smallest absolute Gasteiger partial charge is 0.412 e. The number of nitrogens with one attached hydrogen (secondary N) is 1. The molecule has 7 nitrogen and oxygen atoms in total. The van der Waals surface area contributed by atoms with Crippen LogP contribution in [-0.2, 0) is 9.47 Å². The molecule has 30 heavy (non-hydrogen) atoms. The highest BCUT2D eigenvalue weighted by Crippen LogP contribution is 2.29. The summed E-state index contributed by atoms with van der Waals surface area (Å²) in [7, 11) is 1.60. The number of methoxy groups -OCH3 is 1. The number of ether oxygens (including phenoxy) is 2. The minimum absolute atomic E-state index is 0.185. The molecule has 1 heterocycles. The number of thiazole rings is 1. The second-order valence-electron chi connectivity index (χ2n) is 7.62. The first-order chi connectivity index (χ1) is 14.3. The predicted molar refractivity (Wildman–Crippen MR) is 119 cm³/mol. The molecule has 0 saturated carbocycles. The standard InChI is InChI=1S/C22H25N3O4S/c1-22(2,3)29-21(27)23-16-11-9-15(10-12-16)19(26)25(13-14-28-4)20-24-17-7-5-6-8-18(17)30-20/h5-12H,13-14H2,1-4H3,(H,23,27). The average Bonchev–Trinajstić information content (AvgIpc) is 3.11. The van der Waals surface area contributed by atoms with Crippen LogP contribution in [0.5, 0.6) is 0 Å². The minimum Gasteiger partial charge on any atom is -0.444 e. The number of carbonyl (C=O) groups is 2. The van der Waals surface area contributed by atoms with Gasteiger partial charge in [-0.1, -0.05) is 23.5 Å². The van der Waals surface area contributed by atoms with E-state index in [0.717, 1.165) is 10.2 Å². The lowest BCUT2D eigenvalue weighted by atomic mass is 10.2. The molecule has 2 aromatic carbocycles. The molecule has 0 saturated heterocycles. The Morgan fingerprint density at radius 3 is 2.43 bits per heavy atom. The molecule has 1 aromatic heterocycles. The summed E-state index contributed by atoms with van der Waals surface area (Å²) in [5.74, 6) is -0.185. The fourth-order valence-corrected chi connectivity index (χ4v) is 3.71. The molecule has 0 unspecified atom stereocenters. The number of rotatable bonds is 6. The van der Waals surface area contributed by atoms with Crippen LogP contribution in [0.3, 0.4) is 0 Å². The summed E-state index contributed by atoms with van der Waals surface area (Å²) in [4.78, 5) is 31.3. The molecule has 0 fully saturated rings. The Morgan fingerprint density at radius 1 is 1.10 bits per heavy atom. The number of carbonyl (C=O) groups excluding carboxylic acids is 2. The number of para-hydroxylation sites is 1. The van der Waals surface area contributed by atoms with Gasteiger partial charge in [0, 0.05) is 18.4 Å². The van der Waals surface area contributed by atoms with Crippen molar-refractivity contribution in [2.24, 2.45) is 0 Å². The van der Waals surface area contributed by atoms with Crippen molar-refractivity contribution in [1.82, 2.24) is 4.98 Å². The molecule has 0 radical (unpaired) electrons. The van der Waals surface area contributed by atoms with E-state index in [4.69, 9.17) is 9.47 Å². The number of anilines is 2. The van der Waals surface area contributed by atoms with Crippen molar-refractivity contribution in [3.63, 3.8) is 0 Å². The molecule has 0 aliphatic heterocycles. The van der Waals surface area contributed by atoms with Crippen molar-refractivity contribution >= 4 is 44.4 Å². The van der Waals surface area contributed by atoms with Crippen LogP contribution < -0.4 is 10.2 Å². The molecule has 0 spiro atoms. The van der Waals surface area contributed by atoms with E-state index in [1.54, 1.807) is 57.0 Å². The normalized spacial score (nSPS) is 11.3. The number of hydrogen-bond donors (Lipinski definition) is 1.